The number of carboxylic acid groups (broad SMARTS) is 1. The van der Waals surface area contributed by atoms with E-state index < -0.39 is 5.97 Å². The van der Waals surface area contributed by atoms with Gasteiger partial charge in [0.05, 0.1) is 25.4 Å². The minimum absolute atomic E-state index is 0.0153. The summed E-state index contributed by atoms with van der Waals surface area (Å²) < 4.78 is 17.9. The molecule has 1 fully saturated rings. The molecule has 5 atom stereocenters. The third-order valence-electron chi connectivity index (χ3n) is 6.87. The Bertz CT molecular complexity index is 978. The molecule has 1 aliphatic carbocycles. The number of methoxy groups -OCH3 is 1. The van der Waals surface area contributed by atoms with Gasteiger partial charge in [-0.1, -0.05) is 43.7 Å². The summed E-state index contributed by atoms with van der Waals surface area (Å²) in [6.45, 7) is 7.97. The Morgan fingerprint density at radius 2 is 1.87 bits per heavy atom. The van der Waals surface area contributed by atoms with Crippen LogP contribution in [0.4, 0.5) is 0 Å². The molecular weight excluding hydrogens is 392 g/mol. The van der Waals surface area contributed by atoms with Crippen molar-refractivity contribution in [2.75, 3.05) is 13.7 Å². The molecule has 2 aliphatic rings. The standard InChI is InChI=1S/C26H30O5/c1-15-11-16(2)24-17(3)21(15)14-31-25(24)20-9-10-22(23(12-20)29-4)30-13-18-5-7-19(8-6-18)26(27)28/h5-12,15,17,21,24-25H,13-14H2,1-4H3,(H,27,28)/t15-,17+,21+,24-,25-/m1/s1. The zero-order chi connectivity index (χ0) is 22.1. The minimum atomic E-state index is -0.937. The number of carbonyl (C=O) groups is 1. The quantitative estimate of drug-likeness (QED) is 0.622. The summed E-state index contributed by atoms with van der Waals surface area (Å²) >= 11 is 0. The molecule has 2 bridgehead atoms. The summed E-state index contributed by atoms with van der Waals surface area (Å²) in [4.78, 5) is 11.0. The van der Waals surface area contributed by atoms with Crippen LogP contribution in [0.2, 0.25) is 0 Å². The lowest BCUT2D eigenvalue weighted by Gasteiger charge is -2.47. The van der Waals surface area contributed by atoms with Gasteiger partial charge < -0.3 is 19.3 Å². The van der Waals surface area contributed by atoms with Gasteiger partial charge in [-0.3, -0.25) is 0 Å². The number of hydrogen-bond acceptors (Lipinski definition) is 4. The van der Waals surface area contributed by atoms with E-state index in [9.17, 15) is 4.79 Å². The monoisotopic (exact) mass is 422 g/mol. The lowest BCUT2D eigenvalue weighted by Crippen LogP contribution is -2.42. The number of ether oxygens (including phenoxy) is 3. The molecule has 4 rings (SSSR count). The van der Waals surface area contributed by atoms with Gasteiger partial charge in [0, 0.05) is 5.92 Å². The second kappa shape index (κ2) is 8.75. The molecule has 0 amide bonds. The van der Waals surface area contributed by atoms with Gasteiger partial charge in [0.2, 0.25) is 0 Å². The first-order valence-corrected chi connectivity index (χ1v) is 10.8. The SMILES string of the molecule is COc1cc([C@H]2OC[C@@H]3[C@H](C)[C@H]2C(C)=C[C@H]3C)ccc1OCc1ccc(C(=O)O)cc1. The summed E-state index contributed by atoms with van der Waals surface area (Å²) in [7, 11) is 1.64. The zero-order valence-electron chi connectivity index (χ0n) is 18.5. The van der Waals surface area contributed by atoms with Gasteiger partial charge in [0.15, 0.2) is 11.5 Å². The van der Waals surface area contributed by atoms with Crippen LogP contribution in [0.1, 0.15) is 48.4 Å². The van der Waals surface area contributed by atoms with E-state index in [1.54, 1.807) is 31.4 Å². The van der Waals surface area contributed by atoms with Crippen LogP contribution < -0.4 is 9.47 Å². The summed E-state index contributed by atoms with van der Waals surface area (Å²) in [5.74, 6) is 2.47. The molecule has 31 heavy (non-hydrogen) atoms. The van der Waals surface area contributed by atoms with Gasteiger partial charge in [-0.2, -0.15) is 0 Å². The number of aromatic carboxylic acids is 1. The minimum Gasteiger partial charge on any atom is -0.493 e. The summed E-state index contributed by atoms with van der Waals surface area (Å²) in [6, 6.07) is 12.7. The lowest BCUT2D eigenvalue weighted by molar-refractivity contribution is -0.0935. The fourth-order valence-corrected chi connectivity index (χ4v) is 5.13. The number of fused-ring (bicyclic) bond motifs is 2. The van der Waals surface area contributed by atoms with Crippen molar-refractivity contribution in [3.8, 4) is 11.5 Å². The maximum Gasteiger partial charge on any atom is 0.335 e. The number of carboxylic acids is 1. The zero-order valence-corrected chi connectivity index (χ0v) is 18.5. The molecule has 2 aromatic carbocycles. The van der Waals surface area contributed by atoms with Crippen LogP contribution in [0.25, 0.3) is 0 Å². The van der Waals surface area contributed by atoms with E-state index in [0.29, 0.717) is 41.8 Å². The summed E-state index contributed by atoms with van der Waals surface area (Å²) in [5.41, 5.74) is 3.66. The fourth-order valence-electron chi connectivity index (χ4n) is 5.13. The van der Waals surface area contributed by atoms with Gasteiger partial charge in [-0.25, -0.2) is 4.79 Å². The second-order valence-corrected chi connectivity index (χ2v) is 8.77. The maximum absolute atomic E-state index is 11.0. The highest BCUT2D eigenvalue weighted by atomic mass is 16.5. The van der Waals surface area contributed by atoms with Crippen LogP contribution in [0.3, 0.4) is 0 Å². The number of hydrogen-bond donors (Lipinski definition) is 1. The number of allylic oxidation sites excluding steroid dienone is 1. The van der Waals surface area contributed by atoms with Crippen LogP contribution >= 0.6 is 0 Å². The van der Waals surface area contributed by atoms with Crippen LogP contribution in [-0.2, 0) is 11.3 Å². The lowest BCUT2D eigenvalue weighted by atomic mass is 9.64. The molecule has 1 N–H and O–H groups in total. The molecule has 1 saturated heterocycles. The van der Waals surface area contributed by atoms with Crippen molar-refractivity contribution in [1.82, 2.24) is 0 Å². The molecule has 2 aromatic rings. The average molecular weight is 423 g/mol. The molecule has 5 nitrogen and oxygen atoms in total. The van der Waals surface area contributed by atoms with E-state index in [1.165, 1.54) is 5.57 Å². The first-order valence-electron chi connectivity index (χ1n) is 10.8. The average Bonchev–Trinajstić information content (AvgIpc) is 2.76. The molecule has 0 aromatic heterocycles. The van der Waals surface area contributed by atoms with Crippen molar-refractivity contribution >= 4 is 5.97 Å². The number of benzene rings is 2. The van der Waals surface area contributed by atoms with Crippen molar-refractivity contribution in [2.24, 2.45) is 23.7 Å². The van der Waals surface area contributed by atoms with E-state index in [-0.39, 0.29) is 11.7 Å². The molecule has 1 heterocycles. The third kappa shape index (κ3) is 4.19. The van der Waals surface area contributed by atoms with Gasteiger partial charge in [-0.15, -0.1) is 0 Å². The Morgan fingerprint density at radius 3 is 2.55 bits per heavy atom. The van der Waals surface area contributed by atoms with Crippen molar-refractivity contribution in [3.63, 3.8) is 0 Å². The second-order valence-electron chi connectivity index (χ2n) is 8.77. The molecule has 1 aliphatic heterocycles. The summed E-state index contributed by atoms with van der Waals surface area (Å²) in [5, 5.41) is 9.02. The number of rotatable bonds is 6. The van der Waals surface area contributed by atoms with Crippen molar-refractivity contribution < 1.29 is 24.1 Å². The smallest absolute Gasteiger partial charge is 0.335 e. The molecule has 0 radical (unpaired) electrons. The molecular formula is C26H30O5. The topological polar surface area (TPSA) is 65.0 Å². The molecule has 0 unspecified atom stereocenters. The highest BCUT2D eigenvalue weighted by Gasteiger charge is 2.43. The van der Waals surface area contributed by atoms with Crippen LogP contribution in [0.5, 0.6) is 11.5 Å². The van der Waals surface area contributed by atoms with Crippen LogP contribution in [0, 0.1) is 23.7 Å². The predicted octanol–water partition coefficient (Wildman–Crippen LogP) is 5.51. The predicted molar refractivity (Wildman–Crippen MR) is 118 cm³/mol. The fraction of sp³-hybridized carbons (Fsp3) is 0.423. The van der Waals surface area contributed by atoms with Gasteiger partial charge >= 0.3 is 5.97 Å². The van der Waals surface area contributed by atoms with E-state index >= 15 is 0 Å². The van der Waals surface area contributed by atoms with Crippen molar-refractivity contribution in [3.05, 3.63) is 70.8 Å². The van der Waals surface area contributed by atoms with E-state index in [0.717, 1.165) is 17.7 Å². The Balaban J connectivity index is 1.52. The van der Waals surface area contributed by atoms with E-state index in [1.807, 2.05) is 12.1 Å². The maximum atomic E-state index is 11.0. The first kappa shape index (κ1) is 21.4. The molecule has 0 saturated carbocycles. The van der Waals surface area contributed by atoms with Crippen molar-refractivity contribution in [1.29, 1.82) is 0 Å². The molecule has 0 spiro atoms. The van der Waals surface area contributed by atoms with E-state index in [4.69, 9.17) is 19.3 Å². The molecule has 5 heteroatoms. The highest BCUT2D eigenvalue weighted by molar-refractivity contribution is 5.87. The Kier molecular flexibility index (Phi) is 6.05. The van der Waals surface area contributed by atoms with Gasteiger partial charge in [0.25, 0.3) is 0 Å². The van der Waals surface area contributed by atoms with E-state index in [2.05, 4.69) is 32.9 Å². The Hall–Kier alpha value is -2.79. The summed E-state index contributed by atoms with van der Waals surface area (Å²) in [6.07, 6.45) is 2.43. The largest absolute Gasteiger partial charge is 0.493 e. The Labute approximate surface area is 183 Å². The normalized spacial score (nSPS) is 27.4. The van der Waals surface area contributed by atoms with Gasteiger partial charge in [0.1, 0.15) is 6.61 Å². The van der Waals surface area contributed by atoms with Crippen LogP contribution in [0.15, 0.2) is 54.1 Å². The Morgan fingerprint density at radius 1 is 1.13 bits per heavy atom. The van der Waals surface area contributed by atoms with Crippen LogP contribution in [-0.4, -0.2) is 24.8 Å². The third-order valence-corrected chi connectivity index (χ3v) is 6.87. The first-order chi connectivity index (χ1) is 14.9. The highest BCUT2D eigenvalue weighted by Crippen LogP contribution is 2.50. The van der Waals surface area contributed by atoms with Crippen molar-refractivity contribution in [2.45, 2.75) is 33.5 Å². The molecule has 164 valence electrons. The van der Waals surface area contributed by atoms with Gasteiger partial charge in [-0.05, 0) is 60.1 Å².